The Morgan fingerprint density at radius 3 is 2.77 bits per heavy atom. The van der Waals surface area contributed by atoms with Gasteiger partial charge in [-0.2, -0.15) is 5.10 Å². The molecule has 22 heavy (non-hydrogen) atoms. The summed E-state index contributed by atoms with van der Waals surface area (Å²) in [6.45, 7) is 3.96. The van der Waals surface area contributed by atoms with Crippen molar-refractivity contribution >= 4 is 5.91 Å². The second-order valence-electron chi connectivity index (χ2n) is 6.01. The van der Waals surface area contributed by atoms with Gasteiger partial charge in [0.05, 0.1) is 6.20 Å². The van der Waals surface area contributed by atoms with E-state index in [1.54, 1.807) is 0 Å². The van der Waals surface area contributed by atoms with E-state index in [9.17, 15) is 4.79 Å². The Bertz CT molecular complexity index is 637. The van der Waals surface area contributed by atoms with Crippen LogP contribution in [-0.4, -0.2) is 39.7 Å². The SMILES string of the molecule is Cc1cnn(CCC(=O)N2C[C@@H](N)[C@H](c3ccccc3)C2)c1. The average molecular weight is 298 g/mol. The molecule has 1 aromatic carbocycles. The van der Waals surface area contributed by atoms with Gasteiger partial charge in [0.15, 0.2) is 0 Å². The van der Waals surface area contributed by atoms with Gasteiger partial charge in [0.25, 0.3) is 0 Å². The zero-order chi connectivity index (χ0) is 15.5. The molecule has 0 unspecified atom stereocenters. The zero-order valence-corrected chi connectivity index (χ0v) is 12.9. The fraction of sp³-hybridized carbons (Fsp3) is 0.412. The van der Waals surface area contributed by atoms with Crippen LogP contribution in [0.4, 0.5) is 0 Å². The third-order valence-corrected chi connectivity index (χ3v) is 4.26. The first-order chi connectivity index (χ1) is 10.6. The summed E-state index contributed by atoms with van der Waals surface area (Å²) in [7, 11) is 0. The van der Waals surface area contributed by atoms with Gasteiger partial charge in [-0.05, 0) is 18.1 Å². The van der Waals surface area contributed by atoms with E-state index in [0.29, 0.717) is 26.1 Å². The Kier molecular flexibility index (Phi) is 4.24. The molecule has 2 heterocycles. The quantitative estimate of drug-likeness (QED) is 0.931. The summed E-state index contributed by atoms with van der Waals surface area (Å²) in [5.41, 5.74) is 8.57. The highest BCUT2D eigenvalue weighted by Crippen LogP contribution is 2.26. The minimum Gasteiger partial charge on any atom is -0.340 e. The normalized spacial score (nSPS) is 21.3. The average Bonchev–Trinajstić information content (AvgIpc) is 3.12. The van der Waals surface area contributed by atoms with E-state index in [2.05, 4.69) is 17.2 Å². The summed E-state index contributed by atoms with van der Waals surface area (Å²) in [6, 6.07) is 10.2. The minimum atomic E-state index is 0.0123. The Labute approximate surface area is 130 Å². The monoisotopic (exact) mass is 298 g/mol. The lowest BCUT2D eigenvalue weighted by molar-refractivity contribution is -0.130. The summed E-state index contributed by atoms with van der Waals surface area (Å²) in [6.07, 6.45) is 4.23. The van der Waals surface area contributed by atoms with Crippen molar-refractivity contribution in [2.45, 2.75) is 31.8 Å². The molecule has 0 bridgehead atoms. The van der Waals surface area contributed by atoms with Gasteiger partial charge in [-0.25, -0.2) is 0 Å². The molecule has 2 atom stereocenters. The van der Waals surface area contributed by atoms with Crippen molar-refractivity contribution in [1.29, 1.82) is 0 Å². The lowest BCUT2D eigenvalue weighted by atomic mass is 9.95. The standard InChI is InChI=1S/C17H22N4O/c1-13-9-19-21(10-13)8-7-17(22)20-11-15(16(18)12-20)14-5-3-2-4-6-14/h2-6,9-10,15-16H,7-8,11-12,18H2,1H3/t15-,16+/m0/s1. The zero-order valence-electron chi connectivity index (χ0n) is 12.9. The van der Waals surface area contributed by atoms with Gasteiger partial charge in [-0.15, -0.1) is 0 Å². The van der Waals surface area contributed by atoms with Crippen LogP contribution in [0.15, 0.2) is 42.7 Å². The van der Waals surface area contributed by atoms with E-state index in [1.807, 2.05) is 47.1 Å². The van der Waals surface area contributed by atoms with Gasteiger partial charge < -0.3 is 10.6 Å². The van der Waals surface area contributed by atoms with Crippen molar-refractivity contribution in [2.24, 2.45) is 5.73 Å². The minimum absolute atomic E-state index is 0.0123. The predicted molar refractivity (Wildman–Crippen MR) is 85.3 cm³/mol. The second-order valence-corrected chi connectivity index (χ2v) is 6.01. The van der Waals surface area contributed by atoms with Gasteiger partial charge in [-0.3, -0.25) is 9.48 Å². The van der Waals surface area contributed by atoms with Crippen LogP contribution in [0.3, 0.4) is 0 Å². The highest BCUT2D eigenvalue weighted by atomic mass is 16.2. The number of amides is 1. The van der Waals surface area contributed by atoms with E-state index in [0.717, 1.165) is 5.56 Å². The summed E-state index contributed by atoms with van der Waals surface area (Å²) in [5.74, 6) is 0.388. The molecule has 1 fully saturated rings. The molecule has 2 N–H and O–H groups in total. The first-order valence-electron chi connectivity index (χ1n) is 7.71. The molecule has 0 aliphatic carbocycles. The van der Waals surface area contributed by atoms with Crippen molar-refractivity contribution in [3.05, 3.63) is 53.9 Å². The maximum atomic E-state index is 12.4. The Morgan fingerprint density at radius 2 is 2.09 bits per heavy atom. The molecule has 3 rings (SSSR count). The number of nitrogens with two attached hydrogens (primary N) is 1. The van der Waals surface area contributed by atoms with Crippen LogP contribution >= 0.6 is 0 Å². The molecular formula is C17H22N4O. The van der Waals surface area contributed by atoms with Gasteiger partial charge >= 0.3 is 0 Å². The first kappa shape index (κ1) is 14.8. The smallest absolute Gasteiger partial charge is 0.224 e. The topological polar surface area (TPSA) is 64.2 Å². The van der Waals surface area contributed by atoms with Crippen molar-refractivity contribution < 1.29 is 4.79 Å². The lowest BCUT2D eigenvalue weighted by Gasteiger charge is -2.16. The Hall–Kier alpha value is -2.14. The fourth-order valence-corrected chi connectivity index (χ4v) is 3.04. The number of hydrogen-bond donors (Lipinski definition) is 1. The second kappa shape index (κ2) is 6.32. The number of aromatic nitrogens is 2. The summed E-state index contributed by atoms with van der Waals surface area (Å²) < 4.78 is 1.82. The van der Waals surface area contributed by atoms with Gasteiger partial charge in [0.1, 0.15) is 0 Å². The molecule has 116 valence electrons. The number of likely N-dealkylation sites (tertiary alicyclic amines) is 1. The molecule has 1 aliphatic rings. The number of benzene rings is 1. The van der Waals surface area contributed by atoms with Gasteiger partial charge in [0.2, 0.25) is 5.91 Å². The summed E-state index contributed by atoms with van der Waals surface area (Å²) in [5, 5.41) is 4.21. The number of carbonyl (C=O) groups excluding carboxylic acids is 1. The van der Waals surface area contributed by atoms with E-state index in [-0.39, 0.29) is 17.9 Å². The summed E-state index contributed by atoms with van der Waals surface area (Å²) in [4.78, 5) is 14.3. The van der Waals surface area contributed by atoms with Crippen LogP contribution in [0, 0.1) is 6.92 Å². The molecule has 0 spiro atoms. The molecule has 1 aromatic heterocycles. The number of hydrogen-bond acceptors (Lipinski definition) is 3. The fourth-order valence-electron chi connectivity index (χ4n) is 3.04. The molecule has 2 aromatic rings. The van der Waals surface area contributed by atoms with Crippen LogP contribution in [0.1, 0.15) is 23.5 Å². The van der Waals surface area contributed by atoms with Crippen LogP contribution < -0.4 is 5.73 Å². The van der Waals surface area contributed by atoms with Crippen molar-refractivity contribution in [2.75, 3.05) is 13.1 Å². The third-order valence-electron chi connectivity index (χ3n) is 4.26. The largest absolute Gasteiger partial charge is 0.340 e. The number of nitrogens with zero attached hydrogens (tertiary/aromatic N) is 3. The number of aryl methyl sites for hydroxylation is 2. The number of carbonyl (C=O) groups is 1. The van der Waals surface area contributed by atoms with Gasteiger partial charge in [-0.1, -0.05) is 30.3 Å². The van der Waals surface area contributed by atoms with Crippen LogP contribution in [-0.2, 0) is 11.3 Å². The third kappa shape index (κ3) is 3.20. The van der Waals surface area contributed by atoms with E-state index in [1.165, 1.54) is 5.56 Å². The van der Waals surface area contributed by atoms with E-state index in [4.69, 9.17) is 5.73 Å². The van der Waals surface area contributed by atoms with Crippen molar-refractivity contribution in [3.8, 4) is 0 Å². The highest BCUT2D eigenvalue weighted by molar-refractivity contribution is 5.76. The Morgan fingerprint density at radius 1 is 1.32 bits per heavy atom. The molecule has 5 heteroatoms. The van der Waals surface area contributed by atoms with Crippen LogP contribution in [0.25, 0.3) is 0 Å². The van der Waals surface area contributed by atoms with Crippen LogP contribution in [0.5, 0.6) is 0 Å². The molecule has 5 nitrogen and oxygen atoms in total. The molecule has 0 saturated carbocycles. The molecule has 1 saturated heterocycles. The molecule has 1 amide bonds. The van der Waals surface area contributed by atoms with Crippen molar-refractivity contribution in [1.82, 2.24) is 14.7 Å². The van der Waals surface area contributed by atoms with Crippen molar-refractivity contribution in [3.63, 3.8) is 0 Å². The Balaban J connectivity index is 1.58. The highest BCUT2D eigenvalue weighted by Gasteiger charge is 2.33. The lowest BCUT2D eigenvalue weighted by Crippen LogP contribution is -2.32. The van der Waals surface area contributed by atoms with E-state index >= 15 is 0 Å². The predicted octanol–water partition coefficient (Wildman–Crippen LogP) is 1.53. The molecular weight excluding hydrogens is 276 g/mol. The molecule has 1 aliphatic heterocycles. The summed E-state index contributed by atoms with van der Waals surface area (Å²) >= 11 is 0. The van der Waals surface area contributed by atoms with Gasteiger partial charge in [0, 0.05) is 44.2 Å². The maximum absolute atomic E-state index is 12.4. The maximum Gasteiger partial charge on any atom is 0.224 e. The first-order valence-corrected chi connectivity index (χ1v) is 7.71. The van der Waals surface area contributed by atoms with Crippen LogP contribution in [0.2, 0.25) is 0 Å². The molecule has 0 radical (unpaired) electrons. The number of rotatable bonds is 4. The van der Waals surface area contributed by atoms with E-state index < -0.39 is 0 Å².